The molecule has 0 bridgehead atoms. The minimum absolute atomic E-state index is 0.675. The highest BCUT2D eigenvalue weighted by atomic mass is 16.4. The summed E-state index contributed by atoms with van der Waals surface area (Å²) < 4.78 is 0. The van der Waals surface area contributed by atoms with Gasteiger partial charge in [0.2, 0.25) is 0 Å². The van der Waals surface area contributed by atoms with Crippen LogP contribution in [0.25, 0.3) is 0 Å². The molecule has 1 fully saturated rings. The minimum atomic E-state index is -2.27. The third kappa shape index (κ3) is 6.84. The van der Waals surface area contributed by atoms with Gasteiger partial charge in [-0.1, -0.05) is 0 Å². The van der Waals surface area contributed by atoms with E-state index in [1.807, 2.05) is 0 Å². The van der Waals surface area contributed by atoms with Gasteiger partial charge >= 0.3 is 11.9 Å². The van der Waals surface area contributed by atoms with Crippen molar-refractivity contribution in [1.82, 2.24) is 10.6 Å². The number of rotatable bonds is 3. The first-order chi connectivity index (χ1) is 7.86. The molecule has 1 heterocycles. The van der Waals surface area contributed by atoms with Crippen LogP contribution in [0.15, 0.2) is 0 Å². The molecule has 100 valence electrons. The van der Waals surface area contributed by atoms with Crippen LogP contribution in [-0.2, 0) is 9.59 Å². The SMILES string of the molecule is C[C@@H]1CNCCN1.O=C(O)C(O)C(O)C(=O)O. The van der Waals surface area contributed by atoms with E-state index in [0.717, 1.165) is 19.6 Å². The Bertz CT molecular complexity index is 236. The molecule has 0 saturated carbocycles. The van der Waals surface area contributed by atoms with Gasteiger partial charge in [-0.05, 0) is 6.92 Å². The molecule has 0 aliphatic carbocycles. The first-order valence-corrected chi connectivity index (χ1v) is 5.12. The van der Waals surface area contributed by atoms with Gasteiger partial charge in [-0.15, -0.1) is 0 Å². The Morgan fingerprint density at radius 1 is 1.12 bits per heavy atom. The Kier molecular flexibility index (Phi) is 7.39. The predicted octanol–water partition coefficient (Wildman–Crippen LogP) is -2.55. The lowest BCUT2D eigenvalue weighted by molar-refractivity contribution is -0.165. The molecule has 8 heteroatoms. The van der Waals surface area contributed by atoms with Crippen LogP contribution in [0.1, 0.15) is 6.92 Å². The molecule has 1 saturated heterocycles. The molecule has 2 unspecified atom stereocenters. The molecule has 0 spiro atoms. The van der Waals surface area contributed by atoms with Crippen molar-refractivity contribution in [2.75, 3.05) is 19.6 Å². The highest BCUT2D eigenvalue weighted by molar-refractivity contribution is 5.83. The van der Waals surface area contributed by atoms with Crippen molar-refractivity contribution in [3.8, 4) is 0 Å². The maximum Gasteiger partial charge on any atom is 0.335 e. The van der Waals surface area contributed by atoms with E-state index in [1.54, 1.807) is 0 Å². The summed E-state index contributed by atoms with van der Waals surface area (Å²) in [7, 11) is 0. The average molecular weight is 250 g/mol. The molecular formula is C9H18N2O6. The van der Waals surface area contributed by atoms with Crippen molar-refractivity contribution < 1.29 is 30.0 Å². The van der Waals surface area contributed by atoms with E-state index in [-0.39, 0.29) is 0 Å². The zero-order valence-electron chi connectivity index (χ0n) is 9.46. The molecule has 0 aromatic rings. The standard InChI is InChI=1S/C5H12N2.C4H6O6/c1-5-4-6-2-3-7-5;5-1(3(7)8)2(6)4(9)10/h5-7H,2-4H2,1H3;1-2,5-6H,(H,7,8)(H,9,10)/t5-;/m1./s1. The maximum atomic E-state index is 9.77. The topological polar surface area (TPSA) is 139 Å². The number of hydrogen-bond acceptors (Lipinski definition) is 6. The van der Waals surface area contributed by atoms with Gasteiger partial charge in [-0.2, -0.15) is 0 Å². The van der Waals surface area contributed by atoms with Crippen LogP contribution in [0.4, 0.5) is 0 Å². The largest absolute Gasteiger partial charge is 0.479 e. The zero-order valence-corrected chi connectivity index (χ0v) is 9.46. The van der Waals surface area contributed by atoms with Gasteiger partial charge in [0.05, 0.1) is 0 Å². The fourth-order valence-corrected chi connectivity index (χ4v) is 1.07. The molecule has 1 rings (SSSR count). The van der Waals surface area contributed by atoms with Crippen molar-refractivity contribution in [3.63, 3.8) is 0 Å². The number of aliphatic hydroxyl groups excluding tert-OH is 2. The highest BCUT2D eigenvalue weighted by Crippen LogP contribution is 1.92. The molecule has 0 amide bonds. The van der Waals surface area contributed by atoms with Gasteiger partial charge in [0.1, 0.15) is 0 Å². The number of carboxylic acids is 2. The Morgan fingerprint density at radius 2 is 1.59 bits per heavy atom. The van der Waals surface area contributed by atoms with Crippen LogP contribution in [0, 0.1) is 0 Å². The molecule has 8 nitrogen and oxygen atoms in total. The minimum Gasteiger partial charge on any atom is -0.479 e. The van der Waals surface area contributed by atoms with Gasteiger partial charge in [0.15, 0.2) is 12.2 Å². The van der Waals surface area contributed by atoms with E-state index in [0.29, 0.717) is 6.04 Å². The molecule has 1 aliphatic rings. The van der Waals surface area contributed by atoms with E-state index in [9.17, 15) is 9.59 Å². The number of aliphatic carboxylic acids is 2. The monoisotopic (exact) mass is 250 g/mol. The van der Waals surface area contributed by atoms with E-state index < -0.39 is 24.1 Å². The first kappa shape index (κ1) is 15.8. The number of hydrogen-bond donors (Lipinski definition) is 6. The summed E-state index contributed by atoms with van der Waals surface area (Å²) in [6.07, 6.45) is -4.53. The fraction of sp³-hybridized carbons (Fsp3) is 0.778. The van der Waals surface area contributed by atoms with Crippen molar-refractivity contribution in [2.45, 2.75) is 25.2 Å². The van der Waals surface area contributed by atoms with Crippen LogP contribution < -0.4 is 10.6 Å². The highest BCUT2D eigenvalue weighted by Gasteiger charge is 2.29. The summed E-state index contributed by atoms with van der Waals surface area (Å²) in [6, 6.07) is 0.675. The number of nitrogens with one attached hydrogen (secondary N) is 2. The normalized spacial score (nSPS) is 22.9. The zero-order chi connectivity index (χ0) is 13.4. The molecule has 3 atom stereocenters. The summed E-state index contributed by atoms with van der Waals surface area (Å²) in [5.74, 6) is -3.54. The lowest BCUT2D eigenvalue weighted by Crippen LogP contribution is -2.46. The van der Waals surface area contributed by atoms with Crippen LogP contribution in [-0.4, -0.2) is 70.2 Å². The molecule has 0 aromatic carbocycles. The first-order valence-electron chi connectivity index (χ1n) is 5.12. The molecule has 1 aliphatic heterocycles. The lowest BCUT2D eigenvalue weighted by Gasteiger charge is -2.19. The number of aliphatic hydroxyl groups is 2. The van der Waals surface area contributed by atoms with Gasteiger partial charge in [-0.25, -0.2) is 9.59 Å². The van der Waals surface area contributed by atoms with Crippen LogP contribution in [0.3, 0.4) is 0 Å². The second-order valence-corrected chi connectivity index (χ2v) is 3.63. The fourth-order valence-electron chi connectivity index (χ4n) is 1.07. The summed E-state index contributed by atoms with van der Waals surface area (Å²) in [5, 5.41) is 39.1. The Hall–Kier alpha value is -1.22. The molecule has 0 radical (unpaired) electrons. The van der Waals surface area contributed by atoms with Crippen LogP contribution in [0.5, 0.6) is 0 Å². The van der Waals surface area contributed by atoms with Crippen molar-refractivity contribution in [1.29, 1.82) is 0 Å². The molecule has 17 heavy (non-hydrogen) atoms. The van der Waals surface area contributed by atoms with Crippen molar-refractivity contribution in [2.24, 2.45) is 0 Å². The van der Waals surface area contributed by atoms with Gasteiger partial charge in [0, 0.05) is 25.7 Å². The average Bonchev–Trinajstić information content (AvgIpc) is 2.28. The Balaban J connectivity index is 0.000000318. The maximum absolute atomic E-state index is 9.77. The molecule has 6 N–H and O–H groups in total. The van der Waals surface area contributed by atoms with E-state index in [4.69, 9.17) is 20.4 Å². The number of carbonyl (C=O) groups is 2. The smallest absolute Gasteiger partial charge is 0.335 e. The Morgan fingerprint density at radius 3 is 1.76 bits per heavy atom. The van der Waals surface area contributed by atoms with Crippen molar-refractivity contribution >= 4 is 11.9 Å². The second kappa shape index (κ2) is 7.96. The number of carboxylic acid groups (broad SMARTS) is 2. The van der Waals surface area contributed by atoms with Gasteiger partial charge in [-0.3, -0.25) is 0 Å². The van der Waals surface area contributed by atoms with Gasteiger partial charge in [0.25, 0.3) is 0 Å². The van der Waals surface area contributed by atoms with E-state index in [1.165, 1.54) is 0 Å². The summed E-state index contributed by atoms with van der Waals surface area (Å²) in [4.78, 5) is 19.5. The summed E-state index contributed by atoms with van der Waals surface area (Å²) >= 11 is 0. The second-order valence-electron chi connectivity index (χ2n) is 3.63. The quantitative estimate of drug-likeness (QED) is 0.321. The number of piperazine rings is 1. The Labute approximate surface area is 98.3 Å². The summed E-state index contributed by atoms with van der Waals surface area (Å²) in [6.45, 7) is 5.57. The molecule has 0 aromatic heterocycles. The third-order valence-electron chi connectivity index (χ3n) is 2.05. The van der Waals surface area contributed by atoms with Crippen LogP contribution >= 0.6 is 0 Å². The molecular weight excluding hydrogens is 232 g/mol. The predicted molar refractivity (Wildman–Crippen MR) is 57.6 cm³/mol. The third-order valence-corrected chi connectivity index (χ3v) is 2.05. The van der Waals surface area contributed by atoms with Crippen LogP contribution in [0.2, 0.25) is 0 Å². The van der Waals surface area contributed by atoms with E-state index >= 15 is 0 Å². The van der Waals surface area contributed by atoms with Crippen molar-refractivity contribution in [3.05, 3.63) is 0 Å². The van der Waals surface area contributed by atoms with E-state index in [2.05, 4.69) is 17.6 Å². The lowest BCUT2D eigenvalue weighted by atomic mass is 10.2. The summed E-state index contributed by atoms with van der Waals surface area (Å²) in [5.41, 5.74) is 0. The van der Waals surface area contributed by atoms with Gasteiger partial charge < -0.3 is 31.1 Å².